The molecular formula is C26H28Cl2Ti. The number of benzene rings is 2. The van der Waals surface area contributed by atoms with Gasteiger partial charge in [-0.05, 0) is 0 Å². The molecule has 0 nitrogen and oxygen atoms in total. The quantitative estimate of drug-likeness (QED) is 0.588. The molecule has 0 radical (unpaired) electrons. The minimum atomic E-state index is -1.58. The van der Waals surface area contributed by atoms with Crippen LogP contribution >= 0.6 is 0 Å². The molecule has 0 atom stereocenters. The molecule has 0 aliphatic heterocycles. The Morgan fingerprint density at radius 3 is 1.90 bits per heavy atom. The van der Waals surface area contributed by atoms with Crippen LogP contribution in [0.5, 0.6) is 0 Å². The number of hydrogen-bond acceptors (Lipinski definition) is 0. The summed E-state index contributed by atoms with van der Waals surface area (Å²) in [5.41, 5.74) is 9.11. The van der Waals surface area contributed by atoms with Gasteiger partial charge in [0.25, 0.3) is 0 Å². The third-order valence-corrected chi connectivity index (χ3v) is 12.1. The summed E-state index contributed by atoms with van der Waals surface area (Å²) in [6, 6.07) is 14.4. The second-order valence-electron chi connectivity index (χ2n) is 8.52. The van der Waals surface area contributed by atoms with Crippen LogP contribution in [0, 0.1) is 13.8 Å². The van der Waals surface area contributed by atoms with Crippen molar-refractivity contribution >= 4 is 3.81 Å². The molecule has 3 aliphatic carbocycles. The molecule has 2 aromatic rings. The van der Waals surface area contributed by atoms with Gasteiger partial charge in [-0.15, -0.1) is 0 Å². The predicted octanol–water partition coefficient (Wildman–Crippen LogP) is 0.980. The van der Waals surface area contributed by atoms with Gasteiger partial charge >= 0.3 is 170 Å². The number of fused-ring (bicyclic) bond motifs is 3. The van der Waals surface area contributed by atoms with Crippen LogP contribution in [0.3, 0.4) is 0 Å². The third-order valence-electron chi connectivity index (χ3n) is 6.57. The first-order valence-electron chi connectivity index (χ1n) is 10.5. The van der Waals surface area contributed by atoms with E-state index in [0.29, 0.717) is 4.22 Å². The minimum Gasteiger partial charge on any atom is -1.00 e. The van der Waals surface area contributed by atoms with Crippen molar-refractivity contribution in [2.45, 2.75) is 56.6 Å². The zero-order valence-corrected chi connectivity index (χ0v) is 20.3. The van der Waals surface area contributed by atoms with Crippen LogP contribution in [0.25, 0.3) is 11.1 Å². The van der Waals surface area contributed by atoms with Gasteiger partial charge in [-0.2, -0.15) is 0 Å². The van der Waals surface area contributed by atoms with Gasteiger partial charge in [0, 0.05) is 0 Å². The van der Waals surface area contributed by atoms with Crippen molar-refractivity contribution in [3.8, 4) is 11.1 Å². The molecule has 1 saturated carbocycles. The molecule has 0 spiro atoms. The summed E-state index contributed by atoms with van der Waals surface area (Å²) in [4.78, 5) is 0. The van der Waals surface area contributed by atoms with Gasteiger partial charge in [0.05, 0.1) is 0 Å². The normalized spacial score (nSPS) is 16.9. The van der Waals surface area contributed by atoms with Crippen LogP contribution in [-0.2, 0) is 17.4 Å². The second kappa shape index (κ2) is 9.48. The van der Waals surface area contributed by atoms with E-state index < -0.39 is 17.4 Å². The van der Waals surface area contributed by atoms with Crippen molar-refractivity contribution in [3.05, 3.63) is 80.8 Å². The molecule has 0 N–H and O–H groups in total. The standard InChI is InChI=1S/C15H13.C6H10.C5H5.2ClH.Ti/c1-10-3-5-14-12(7-10)9-13-8-11(2)4-6-15(13)14;1-2-4-6-5-3-1;1-2-4-5-3-1;;;/h3-9H,1-2H3;1-5H2;1-3H,4H2;2*1H;/q;;;;;+2/p-2. The van der Waals surface area contributed by atoms with E-state index in [0.717, 1.165) is 0 Å². The van der Waals surface area contributed by atoms with E-state index in [9.17, 15) is 0 Å². The van der Waals surface area contributed by atoms with Crippen molar-refractivity contribution in [1.82, 2.24) is 0 Å². The topological polar surface area (TPSA) is 0 Å². The number of hydrogen-bond donors (Lipinski definition) is 0. The smallest absolute Gasteiger partial charge is 1.00 e. The molecule has 29 heavy (non-hydrogen) atoms. The van der Waals surface area contributed by atoms with Gasteiger partial charge in [-0.3, -0.25) is 0 Å². The predicted molar refractivity (Wildman–Crippen MR) is 113 cm³/mol. The van der Waals surface area contributed by atoms with E-state index in [-0.39, 0.29) is 24.8 Å². The molecular weight excluding hydrogens is 431 g/mol. The molecule has 150 valence electrons. The Bertz CT molecular complexity index is 954. The Balaban J connectivity index is 0.00000120. The van der Waals surface area contributed by atoms with E-state index in [4.69, 9.17) is 0 Å². The van der Waals surface area contributed by atoms with Crippen molar-refractivity contribution in [1.29, 1.82) is 0 Å². The van der Waals surface area contributed by atoms with Gasteiger partial charge in [0.2, 0.25) is 0 Å². The van der Waals surface area contributed by atoms with E-state index in [1.165, 1.54) is 60.8 Å². The maximum atomic E-state index is 2.51. The SMILES string of the molecule is Cc1ccc2c(c1)[CH]([Ti+2]([C]1=CC=CC1)=[C]1CCCCC1)c1cc(C)ccc1-2.[Cl-].[Cl-]. The molecule has 3 aliphatic rings. The van der Waals surface area contributed by atoms with Gasteiger partial charge < -0.3 is 24.8 Å². The van der Waals surface area contributed by atoms with E-state index in [1.54, 1.807) is 15.0 Å². The van der Waals surface area contributed by atoms with Gasteiger partial charge in [-0.1, -0.05) is 0 Å². The Hall–Kier alpha value is -0.916. The number of rotatable bonds is 2. The maximum absolute atomic E-state index is 2.51. The van der Waals surface area contributed by atoms with Crippen LogP contribution in [0.15, 0.2) is 58.5 Å². The maximum Gasteiger partial charge on any atom is -1.00 e. The van der Waals surface area contributed by atoms with Crippen molar-refractivity contribution < 1.29 is 42.2 Å². The Labute approximate surface area is 193 Å². The van der Waals surface area contributed by atoms with E-state index in [2.05, 4.69) is 68.5 Å². The monoisotopic (exact) mass is 458 g/mol. The molecule has 5 rings (SSSR count). The number of halogens is 2. The largest absolute Gasteiger partial charge is 1.00 e. The summed E-state index contributed by atoms with van der Waals surface area (Å²) in [6.45, 7) is 4.52. The summed E-state index contributed by atoms with van der Waals surface area (Å²) in [7, 11) is 0. The Kier molecular flexibility index (Phi) is 7.44. The molecule has 2 aromatic carbocycles. The Morgan fingerprint density at radius 1 is 0.793 bits per heavy atom. The molecule has 0 aromatic heterocycles. The van der Waals surface area contributed by atoms with Crippen LogP contribution in [-0.4, -0.2) is 3.81 Å². The molecule has 0 unspecified atom stereocenters. The first-order chi connectivity index (χ1) is 13.2. The van der Waals surface area contributed by atoms with Crippen molar-refractivity contribution in [2.75, 3.05) is 0 Å². The van der Waals surface area contributed by atoms with E-state index >= 15 is 0 Å². The summed E-state index contributed by atoms with van der Waals surface area (Å²) in [6.07, 6.45) is 15.4. The summed E-state index contributed by atoms with van der Waals surface area (Å²) in [5, 5.41) is 0. The average Bonchev–Trinajstić information content (AvgIpc) is 3.30. The summed E-state index contributed by atoms with van der Waals surface area (Å²) in [5.74, 6) is 0. The first kappa shape index (κ1) is 22.8. The molecule has 0 heterocycles. The fourth-order valence-electron chi connectivity index (χ4n) is 5.32. The van der Waals surface area contributed by atoms with Crippen LogP contribution in [0.1, 0.15) is 65.0 Å². The van der Waals surface area contributed by atoms with Gasteiger partial charge in [-0.25, -0.2) is 0 Å². The average molecular weight is 459 g/mol. The molecule has 3 heteroatoms. The summed E-state index contributed by atoms with van der Waals surface area (Å²) >= 11 is -1.58. The van der Waals surface area contributed by atoms with Crippen molar-refractivity contribution in [2.24, 2.45) is 0 Å². The molecule has 1 fully saturated rings. The number of allylic oxidation sites excluding steroid dienone is 4. The van der Waals surface area contributed by atoms with Gasteiger partial charge in [0.1, 0.15) is 0 Å². The zero-order valence-electron chi connectivity index (χ0n) is 17.3. The first-order valence-corrected chi connectivity index (χ1v) is 13.0. The molecule has 0 amide bonds. The van der Waals surface area contributed by atoms with Crippen LogP contribution in [0.4, 0.5) is 0 Å². The second-order valence-corrected chi connectivity index (χ2v) is 12.8. The summed E-state index contributed by atoms with van der Waals surface area (Å²) < 4.78 is 4.44. The molecule has 0 bridgehead atoms. The fraction of sp³-hybridized carbons (Fsp3) is 0.346. The molecule has 0 saturated heterocycles. The Morgan fingerprint density at radius 2 is 1.38 bits per heavy atom. The zero-order chi connectivity index (χ0) is 18.4. The minimum absolute atomic E-state index is 0. The third kappa shape index (κ3) is 4.15. The van der Waals surface area contributed by atoms with Gasteiger partial charge in [0.15, 0.2) is 0 Å². The van der Waals surface area contributed by atoms with Crippen LogP contribution in [0.2, 0.25) is 0 Å². The van der Waals surface area contributed by atoms with Crippen molar-refractivity contribution in [3.63, 3.8) is 0 Å². The number of aryl methyl sites for hydroxylation is 2. The van der Waals surface area contributed by atoms with Crippen LogP contribution < -0.4 is 24.8 Å². The fourth-order valence-corrected chi connectivity index (χ4v) is 11.3. The van der Waals surface area contributed by atoms with E-state index in [1.807, 2.05) is 3.81 Å².